The van der Waals surface area contributed by atoms with Gasteiger partial charge >= 0.3 is 7.60 Å². The largest absolute Gasteiger partial charge is 0.328 e. The summed E-state index contributed by atoms with van der Waals surface area (Å²) in [5.74, 6) is 0. The van der Waals surface area contributed by atoms with Crippen LogP contribution in [0, 0.1) is 0 Å². The molecule has 0 aromatic rings. The van der Waals surface area contributed by atoms with Crippen molar-refractivity contribution in [3.05, 3.63) is 12.2 Å². The fourth-order valence-corrected chi connectivity index (χ4v) is 4.88. The van der Waals surface area contributed by atoms with Gasteiger partial charge in [0, 0.05) is 6.16 Å². The number of hydrogen-bond acceptors (Lipinski definition) is 2. The molecule has 3 nitrogen and oxygen atoms in total. The maximum atomic E-state index is 12.0. The van der Waals surface area contributed by atoms with Gasteiger partial charge < -0.3 is 9.42 Å². The average Bonchev–Trinajstić information content (AvgIpc) is 2.73. The molecule has 0 saturated heterocycles. The van der Waals surface area contributed by atoms with Crippen LogP contribution in [0.1, 0.15) is 142 Å². The summed E-state index contributed by atoms with van der Waals surface area (Å²) in [6, 6.07) is 0. The molecular weight excluding hydrogens is 391 g/mol. The van der Waals surface area contributed by atoms with Crippen LogP contribution >= 0.6 is 7.60 Å². The Balaban J connectivity index is 3.31. The van der Waals surface area contributed by atoms with Crippen molar-refractivity contribution in [2.24, 2.45) is 0 Å². The van der Waals surface area contributed by atoms with Gasteiger partial charge in [-0.25, -0.2) is 0 Å². The third-order valence-corrected chi connectivity index (χ3v) is 7.21. The van der Waals surface area contributed by atoms with E-state index in [1.165, 1.54) is 103 Å². The van der Waals surface area contributed by atoms with Gasteiger partial charge in [-0.15, -0.1) is 0 Å². The van der Waals surface area contributed by atoms with Crippen LogP contribution in [0.15, 0.2) is 12.2 Å². The van der Waals surface area contributed by atoms with Gasteiger partial charge in [-0.05, 0) is 38.5 Å². The average molecular weight is 445 g/mol. The minimum atomic E-state index is -3.35. The van der Waals surface area contributed by atoms with Crippen LogP contribution in [0.3, 0.4) is 0 Å². The van der Waals surface area contributed by atoms with Crippen LogP contribution in [-0.4, -0.2) is 17.7 Å². The van der Waals surface area contributed by atoms with Gasteiger partial charge in [-0.3, -0.25) is 4.57 Å². The summed E-state index contributed by atoms with van der Waals surface area (Å²) in [5.41, 5.74) is 0. The molecule has 1 atom stereocenters. The van der Waals surface area contributed by atoms with E-state index in [2.05, 4.69) is 26.0 Å². The summed E-state index contributed by atoms with van der Waals surface area (Å²) < 4.78 is 17.3. The lowest BCUT2D eigenvalue weighted by Crippen LogP contribution is -1.97. The van der Waals surface area contributed by atoms with Gasteiger partial charge in [0.1, 0.15) is 0 Å². The second-order valence-electron chi connectivity index (χ2n) is 8.90. The molecule has 180 valence electrons. The molecule has 0 heterocycles. The summed E-state index contributed by atoms with van der Waals surface area (Å²) >= 11 is 0. The van der Waals surface area contributed by atoms with Crippen LogP contribution in [0.2, 0.25) is 0 Å². The zero-order chi connectivity index (χ0) is 22.2. The summed E-state index contributed by atoms with van der Waals surface area (Å²) in [5, 5.41) is 0. The molecule has 30 heavy (non-hydrogen) atoms. The molecule has 0 aliphatic carbocycles. The number of rotatable bonds is 24. The first-order valence-corrected chi connectivity index (χ1v) is 15.0. The Labute approximate surface area is 189 Å². The number of hydrogen-bond donors (Lipinski definition) is 1. The second kappa shape index (κ2) is 23.6. The Morgan fingerprint density at radius 3 is 1.50 bits per heavy atom. The Bertz CT molecular complexity index is 409. The minimum absolute atomic E-state index is 0.325. The molecule has 0 radical (unpaired) electrons. The maximum absolute atomic E-state index is 12.0. The summed E-state index contributed by atoms with van der Waals surface area (Å²) in [6.45, 7) is 4.90. The lowest BCUT2D eigenvalue weighted by Gasteiger charge is -2.12. The molecule has 0 aliphatic rings. The summed E-state index contributed by atoms with van der Waals surface area (Å²) in [6.07, 6.45) is 29.6. The highest BCUT2D eigenvalue weighted by molar-refractivity contribution is 7.52. The Hall–Kier alpha value is -0.110. The van der Waals surface area contributed by atoms with E-state index in [1.807, 2.05) is 0 Å². The third-order valence-electron chi connectivity index (χ3n) is 5.74. The van der Waals surface area contributed by atoms with Gasteiger partial charge in [-0.1, -0.05) is 116 Å². The van der Waals surface area contributed by atoms with E-state index >= 15 is 0 Å². The Morgan fingerprint density at radius 1 is 0.600 bits per heavy atom. The molecule has 0 spiro atoms. The molecule has 0 aliphatic heterocycles. The standard InChI is InChI=1S/C26H53O3P/c1-3-5-7-9-11-12-13-14-15-16-17-18-19-20-21-23-25-29-30(27,28)26-24-22-10-8-6-4-2/h14-15H,3-13,16-26H2,1-2H3,(H,27,28). The molecule has 0 fully saturated rings. The highest BCUT2D eigenvalue weighted by atomic mass is 31.2. The van der Waals surface area contributed by atoms with Crippen molar-refractivity contribution >= 4 is 7.60 Å². The SMILES string of the molecule is CCCCCCCCC=CCCCCCCCCOP(=O)(O)CCCCCCCC. The molecule has 0 bridgehead atoms. The van der Waals surface area contributed by atoms with Crippen LogP contribution in [0.25, 0.3) is 0 Å². The van der Waals surface area contributed by atoms with Crippen molar-refractivity contribution in [3.8, 4) is 0 Å². The monoisotopic (exact) mass is 444 g/mol. The van der Waals surface area contributed by atoms with Gasteiger partial charge in [-0.2, -0.15) is 0 Å². The predicted octanol–water partition coefficient (Wildman–Crippen LogP) is 9.59. The van der Waals surface area contributed by atoms with Crippen LogP contribution in [0.5, 0.6) is 0 Å². The molecule has 0 saturated carbocycles. The van der Waals surface area contributed by atoms with Gasteiger partial charge in [0.2, 0.25) is 0 Å². The van der Waals surface area contributed by atoms with Gasteiger partial charge in [0.15, 0.2) is 0 Å². The van der Waals surface area contributed by atoms with E-state index in [4.69, 9.17) is 4.52 Å². The lowest BCUT2D eigenvalue weighted by atomic mass is 10.1. The second-order valence-corrected chi connectivity index (χ2v) is 10.9. The fraction of sp³-hybridized carbons (Fsp3) is 0.923. The van der Waals surface area contributed by atoms with Crippen molar-refractivity contribution in [2.75, 3.05) is 12.8 Å². The van der Waals surface area contributed by atoms with Crippen molar-refractivity contribution < 1.29 is 14.0 Å². The van der Waals surface area contributed by atoms with Crippen molar-refractivity contribution in [3.63, 3.8) is 0 Å². The van der Waals surface area contributed by atoms with Gasteiger partial charge in [0.25, 0.3) is 0 Å². The molecule has 4 heteroatoms. The van der Waals surface area contributed by atoms with E-state index in [1.54, 1.807) is 0 Å². The smallest absolute Gasteiger partial charge is 0.324 e. The highest BCUT2D eigenvalue weighted by Crippen LogP contribution is 2.43. The molecule has 0 aromatic carbocycles. The van der Waals surface area contributed by atoms with Crippen molar-refractivity contribution in [2.45, 2.75) is 142 Å². The van der Waals surface area contributed by atoms with E-state index < -0.39 is 7.60 Å². The van der Waals surface area contributed by atoms with E-state index in [9.17, 15) is 9.46 Å². The summed E-state index contributed by atoms with van der Waals surface area (Å²) in [4.78, 5) is 9.87. The van der Waals surface area contributed by atoms with Gasteiger partial charge in [0.05, 0.1) is 6.61 Å². The molecule has 1 unspecified atom stereocenters. The first kappa shape index (κ1) is 29.9. The van der Waals surface area contributed by atoms with E-state index in [0.717, 1.165) is 25.7 Å². The quantitative estimate of drug-likeness (QED) is 0.0915. The van der Waals surface area contributed by atoms with E-state index in [-0.39, 0.29) is 0 Å². The lowest BCUT2D eigenvalue weighted by molar-refractivity contribution is 0.252. The Morgan fingerprint density at radius 2 is 1.00 bits per heavy atom. The van der Waals surface area contributed by atoms with Crippen molar-refractivity contribution in [1.82, 2.24) is 0 Å². The van der Waals surface area contributed by atoms with Crippen molar-refractivity contribution in [1.29, 1.82) is 0 Å². The third kappa shape index (κ3) is 24.2. The molecule has 1 N–H and O–H groups in total. The first-order valence-electron chi connectivity index (χ1n) is 13.2. The Kier molecular flexibility index (Phi) is 23.5. The predicted molar refractivity (Wildman–Crippen MR) is 133 cm³/mol. The topological polar surface area (TPSA) is 46.5 Å². The maximum Gasteiger partial charge on any atom is 0.328 e. The zero-order valence-corrected chi connectivity index (χ0v) is 21.3. The molecule has 0 aromatic heterocycles. The summed E-state index contributed by atoms with van der Waals surface area (Å²) in [7, 11) is -3.35. The zero-order valence-electron chi connectivity index (χ0n) is 20.4. The normalized spacial score (nSPS) is 13.8. The van der Waals surface area contributed by atoms with Crippen LogP contribution in [0.4, 0.5) is 0 Å². The first-order chi connectivity index (χ1) is 14.6. The molecule has 0 rings (SSSR count). The molecular formula is C26H53O3P. The van der Waals surface area contributed by atoms with Crippen LogP contribution < -0.4 is 0 Å². The van der Waals surface area contributed by atoms with Crippen LogP contribution in [-0.2, 0) is 9.09 Å². The molecule has 0 amide bonds. The fourth-order valence-electron chi connectivity index (χ4n) is 3.71. The van der Waals surface area contributed by atoms with E-state index in [0.29, 0.717) is 12.8 Å². The number of unbranched alkanes of at least 4 members (excludes halogenated alkanes) is 17. The highest BCUT2D eigenvalue weighted by Gasteiger charge is 2.17. The minimum Gasteiger partial charge on any atom is -0.324 e. The number of allylic oxidation sites excluding steroid dienone is 2.